The third kappa shape index (κ3) is 4.81. The number of hydrogen-bond acceptors (Lipinski definition) is 6. The minimum Gasteiger partial charge on any atom is -0.479 e. The number of amides is 1. The largest absolute Gasteiger partial charge is 0.479 e. The summed E-state index contributed by atoms with van der Waals surface area (Å²) in [5.41, 5.74) is 1.08. The van der Waals surface area contributed by atoms with Crippen LogP contribution in [0.4, 0.5) is 4.39 Å². The monoisotopic (exact) mass is 402 g/mol. The van der Waals surface area contributed by atoms with Gasteiger partial charge >= 0.3 is 6.01 Å². The van der Waals surface area contributed by atoms with Crippen LogP contribution in [-0.4, -0.2) is 41.1 Å². The van der Waals surface area contributed by atoms with Crippen LogP contribution in [0.15, 0.2) is 24.7 Å². The Morgan fingerprint density at radius 1 is 1.17 bits per heavy atom. The molecule has 7 nitrogen and oxygen atoms in total. The fraction of sp³-hybridized carbons (Fsp3) is 0.524. The maximum absolute atomic E-state index is 14.5. The molecule has 0 saturated heterocycles. The number of nitrogens with zero attached hydrogens (tertiary/aromatic N) is 3. The van der Waals surface area contributed by atoms with Crippen LogP contribution in [0, 0.1) is 11.7 Å². The van der Waals surface area contributed by atoms with Crippen LogP contribution in [-0.2, 0) is 0 Å². The number of pyridine rings is 1. The lowest BCUT2D eigenvalue weighted by Crippen LogP contribution is -2.41. The molecule has 0 aliphatic heterocycles. The van der Waals surface area contributed by atoms with Crippen molar-refractivity contribution in [1.29, 1.82) is 0 Å². The molecule has 1 fully saturated rings. The van der Waals surface area contributed by atoms with Gasteiger partial charge in [-0.25, -0.2) is 19.3 Å². The van der Waals surface area contributed by atoms with Crippen LogP contribution in [0.3, 0.4) is 0 Å². The highest BCUT2D eigenvalue weighted by Crippen LogP contribution is 2.39. The van der Waals surface area contributed by atoms with Gasteiger partial charge in [0.1, 0.15) is 0 Å². The van der Waals surface area contributed by atoms with Crippen molar-refractivity contribution in [2.75, 3.05) is 14.2 Å². The average Bonchev–Trinajstić information content (AvgIpc) is 2.77. The summed E-state index contributed by atoms with van der Waals surface area (Å²) >= 11 is 0. The van der Waals surface area contributed by atoms with Gasteiger partial charge in [0.15, 0.2) is 5.82 Å². The Hall–Kier alpha value is -2.77. The number of rotatable bonds is 7. The summed E-state index contributed by atoms with van der Waals surface area (Å²) in [6, 6.07) is 2.03. The number of nitrogens with one attached hydrogen (secondary N) is 1. The lowest BCUT2D eigenvalue weighted by Gasteiger charge is -2.34. The summed E-state index contributed by atoms with van der Waals surface area (Å²) in [5, 5.41) is 3.11. The number of methoxy groups -OCH3 is 2. The van der Waals surface area contributed by atoms with Crippen molar-refractivity contribution in [2.24, 2.45) is 5.92 Å². The Bertz CT molecular complexity index is 823. The Labute approximate surface area is 170 Å². The summed E-state index contributed by atoms with van der Waals surface area (Å²) in [5.74, 6) is -0.00706. The van der Waals surface area contributed by atoms with Gasteiger partial charge in [0.25, 0.3) is 5.91 Å². The Morgan fingerprint density at radius 2 is 1.86 bits per heavy atom. The van der Waals surface area contributed by atoms with E-state index >= 15 is 0 Å². The van der Waals surface area contributed by atoms with Crippen LogP contribution in [0.1, 0.15) is 60.9 Å². The molecule has 0 unspecified atom stereocenters. The molecular weight excluding hydrogens is 375 g/mol. The molecule has 2 heterocycles. The van der Waals surface area contributed by atoms with Gasteiger partial charge < -0.3 is 14.8 Å². The smallest absolute Gasteiger partial charge is 0.316 e. The van der Waals surface area contributed by atoms with E-state index < -0.39 is 0 Å². The quantitative estimate of drug-likeness (QED) is 0.763. The second-order valence-electron chi connectivity index (χ2n) is 7.28. The van der Waals surface area contributed by atoms with Crippen molar-refractivity contribution >= 4 is 5.91 Å². The minimum atomic E-state index is -0.363. The third-order valence-corrected chi connectivity index (χ3v) is 5.69. The maximum atomic E-state index is 14.5. The standard InChI is InChI=1S/C21H27FN4O3/c1-4-17(26-19(27)15-11-24-21(29-3)25-12-15)14-7-5-13(6-8-14)16-9-10-23-20(28-2)18(16)22/h9-14,17H,4-8H2,1-3H3,(H,26,27)/t13-,14+,17-/m0/s1. The van der Waals surface area contributed by atoms with E-state index in [4.69, 9.17) is 9.47 Å². The van der Waals surface area contributed by atoms with Crippen molar-refractivity contribution in [3.05, 3.63) is 41.6 Å². The predicted molar refractivity (Wildman–Crippen MR) is 106 cm³/mol. The fourth-order valence-electron chi connectivity index (χ4n) is 4.07. The molecule has 2 aromatic rings. The number of aromatic nitrogens is 3. The van der Waals surface area contributed by atoms with E-state index in [1.807, 2.05) is 0 Å². The lowest BCUT2D eigenvalue weighted by molar-refractivity contribution is 0.0908. The molecule has 0 aromatic carbocycles. The Kier molecular flexibility index (Phi) is 6.95. The van der Waals surface area contributed by atoms with Crippen molar-refractivity contribution in [3.8, 4) is 11.9 Å². The molecule has 1 amide bonds. The maximum Gasteiger partial charge on any atom is 0.316 e. The van der Waals surface area contributed by atoms with Crippen molar-refractivity contribution < 1.29 is 18.7 Å². The summed E-state index contributed by atoms with van der Waals surface area (Å²) in [7, 11) is 2.90. The first kappa shape index (κ1) is 21.0. The van der Waals surface area contributed by atoms with Crippen molar-refractivity contribution in [1.82, 2.24) is 20.3 Å². The molecule has 8 heteroatoms. The number of carbonyl (C=O) groups is 1. The molecule has 1 atom stereocenters. The molecule has 0 bridgehead atoms. The van der Waals surface area contributed by atoms with Crippen molar-refractivity contribution in [2.45, 2.75) is 51.0 Å². The van der Waals surface area contributed by atoms with Gasteiger partial charge in [0.05, 0.1) is 19.8 Å². The summed E-state index contributed by atoms with van der Waals surface area (Å²) in [6.07, 6.45) is 8.93. The van der Waals surface area contributed by atoms with E-state index in [1.165, 1.54) is 26.6 Å². The Balaban J connectivity index is 1.60. The van der Waals surface area contributed by atoms with E-state index in [0.717, 1.165) is 32.1 Å². The van der Waals surface area contributed by atoms with Crippen molar-refractivity contribution in [3.63, 3.8) is 0 Å². The second-order valence-corrected chi connectivity index (χ2v) is 7.28. The molecule has 1 aliphatic rings. The molecule has 156 valence electrons. The molecule has 1 saturated carbocycles. The number of carbonyl (C=O) groups excluding carboxylic acids is 1. The zero-order chi connectivity index (χ0) is 20.8. The van der Waals surface area contributed by atoms with E-state index in [-0.39, 0.29) is 35.6 Å². The van der Waals surface area contributed by atoms with Gasteiger partial charge in [-0.15, -0.1) is 0 Å². The van der Waals surface area contributed by atoms with Gasteiger partial charge in [-0.1, -0.05) is 6.92 Å². The van der Waals surface area contributed by atoms with E-state index in [2.05, 4.69) is 27.2 Å². The summed E-state index contributed by atoms with van der Waals surface area (Å²) in [6.45, 7) is 2.06. The molecule has 0 spiro atoms. The first-order chi connectivity index (χ1) is 14.1. The number of hydrogen-bond donors (Lipinski definition) is 1. The van der Waals surface area contributed by atoms with E-state index in [1.54, 1.807) is 12.3 Å². The summed E-state index contributed by atoms with van der Waals surface area (Å²) in [4.78, 5) is 24.4. The second kappa shape index (κ2) is 9.62. The van der Waals surface area contributed by atoms with E-state index in [9.17, 15) is 9.18 Å². The minimum absolute atomic E-state index is 0.0463. The fourth-order valence-corrected chi connectivity index (χ4v) is 4.07. The van der Waals surface area contributed by atoms with Crippen LogP contribution in [0.25, 0.3) is 0 Å². The third-order valence-electron chi connectivity index (χ3n) is 5.69. The van der Waals surface area contributed by atoms with E-state index in [0.29, 0.717) is 17.0 Å². The van der Waals surface area contributed by atoms with Crippen LogP contribution >= 0.6 is 0 Å². The van der Waals surface area contributed by atoms with Gasteiger partial charge in [-0.05, 0) is 55.6 Å². The highest BCUT2D eigenvalue weighted by molar-refractivity contribution is 5.93. The van der Waals surface area contributed by atoms with Gasteiger partial charge in [0, 0.05) is 24.6 Å². The van der Waals surface area contributed by atoms with Gasteiger partial charge in [-0.2, -0.15) is 0 Å². The lowest BCUT2D eigenvalue weighted by atomic mass is 9.75. The van der Waals surface area contributed by atoms with Gasteiger partial charge in [-0.3, -0.25) is 4.79 Å². The number of ether oxygens (including phenoxy) is 2. The molecule has 0 radical (unpaired) electrons. The zero-order valence-electron chi connectivity index (χ0n) is 17.0. The SMILES string of the molecule is CC[C@H](NC(=O)c1cnc(OC)nc1)[C@H]1CC[C@@H](c2ccnc(OC)c2F)CC1. The Morgan fingerprint density at radius 3 is 2.45 bits per heavy atom. The molecule has 29 heavy (non-hydrogen) atoms. The first-order valence-electron chi connectivity index (χ1n) is 9.92. The summed E-state index contributed by atoms with van der Waals surface area (Å²) < 4.78 is 24.5. The molecular formula is C21H27FN4O3. The molecule has 1 aliphatic carbocycles. The highest BCUT2D eigenvalue weighted by Gasteiger charge is 2.30. The van der Waals surface area contributed by atoms with Gasteiger partial charge in [0.2, 0.25) is 5.88 Å². The van der Waals surface area contributed by atoms with Crippen LogP contribution in [0.5, 0.6) is 11.9 Å². The number of halogens is 1. The molecule has 1 N–H and O–H groups in total. The molecule has 3 rings (SSSR count). The zero-order valence-corrected chi connectivity index (χ0v) is 17.0. The molecule has 2 aromatic heterocycles. The first-order valence-corrected chi connectivity index (χ1v) is 9.92. The average molecular weight is 402 g/mol. The normalized spacial score (nSPS) is 20.0. The van der Waals surface area contributed by atoms with Crippen LogP contribution < -0.4 is 14.8 Å². The van der Waals surface area contributed by atoms with Crippen LogP contribution in [0.2, 0.25) is 0 Å². The topological polar surface area (TPSA) is 86.2 Å². The highest BCUT2D eigenvalue weighted by atomic mass is 19.1. The predicted octanol–water partition coefficient (Wildman–Crippen LogP) is 3.51.